The molecule has 1 heterocycles. The van der Waals surface area contributed by atoms with Crippen molar-refractivity contribution in [1.82, 2.24) is 0 Å². The Hall–Kier alpha value is -2.25. The molecule has 1 aliphatic heterocycles. The van der Waals surface area contributed by atoms with Gasteiger partial charge in [-0.05, 0) is 67.8 Å². The summed E-state index contributed by atoms with van der Waals surface area (Å²) >= 11 is 5.81. The van der Waals surface area contributed by atoms with E-state index in [1.807, 2.05) is 6.07 Å². The number of nitrogens with one attached hydrogen (secondary N) is 1. The lowest BCUT2D eigenvalue weighted by Crippen LogP contribution is -2.36. The summed E-state index contributed by atoms with van der Waals surface area (Å²) in [4.78, 5) is 12.1. The third kappa shape index (κ3) is 4.73. The van der Waals surface area contributed by atoms with Gasteiger partial charge in [0, 0.05) is 17.3 Å². The van der Waals surface area contributed by atoms with E-state index in [9.17, 15) is 13.2 Å². The zero-order chi connectivity index (χ0) is 19.4. The maximum absolute atomic E-state index is 12.3. The molecule has 0 atom stereocenters. The topological polar surface area (TPSA) is 75.7 Å². The first-order valence-corrected chi connectivity index (χ1v) is 10.7. The number of benzene rings is 2. The van der Waals surface area contributed by atoms with Crippen molar-refractivity contribution in [1.29, 1.82) is 0 Å². The zero-order valence-corrected chi connectivity index (χ0v) is 16.5. The highest BCUT2D eigenvalue weighted by Crippen LogP contribution is 2.31. The number of hydrogen-bond acceptors (Lipinski definition) is 4. The monoisotopic (exact) mass is 408 g/mol. The third-order valence-corrected chi connectivity index (χ3v) is 6.36. The Morgan fingerprint density at radius 2 is 1.96 bits per heavy atom. The van der Waals surface area contributed by atoms with Crippen molar-refractivity contribution in [2.75, 3.05) is 28.5 Å². The molecule has 2 aromatic rings. The fourth-order valence-corrected chi connectivity index (χ4v) is 4.28. The number of anilines is 2. The van der Waals surface area contributed by atoms with Gasteiger partial charge in [-0.15, -0.1) is 0 Å². The van der Waals surface area contributed by atoms with Crippen LogP contribution in [0.15, 0.2) is 42.5 Å². The molecule has 6 nitrogen and oxygen atoms in total. The molecule has 0 aromatic heterocycles. The maximum atomic E-state index is 12.3. The molecule has 0 radical (unpaired) electrons. The molecule has 1 N–H and O–H groups in total. The molecule has 0 unspecified atom stereocenters. The number of hydrogen-bond donors (Lipinski definition) is 1. The molecule has 2 aromatic carbocycles. The Kier molecular flexibility index (Phi) is 5.92. The maximum Gasteiger partial charge on any atom is 0.262 e. The first kappa shape index (κ1) is 19.5. The van der Waals surface area contributed by atoms with E-state index in [0.29, 0.717) is 28.7 Å². The van der Waals surface area contributed by atoms with E-state index >= 15 is 0 Å². The molecule has 0 saturated carbocycles. The zero-order valence-electron chi connectivity index (χ0n) is 14.9. The Morgan fingerprint density at radius 3 is 2.67 bits per heavy atom. The van der Waals surface area contributed by atoms with Crippen LogP contribution in [0.1, 0.15) is 18.9 Å². The molecule has 1 aliphatic rings. The lowest BCUT2D eigenvalue weighted by Gasteiger charge is -2.30. The highest BCUT2D eigenvalue weighted by molar-refractivity contribution is 7.92. The minimum absolute atomic E-state index is 0.0625. The Bertz CT molecular complexity index is 929. The molecule has 8 heteroatoms. The molecular formula is C19H21ClN2O4S. The minimum Gasteiger partial charge on any atom is -0.484 e. The summed E-state index contributed by atoms with van der Waals surface area (Å²) in [5.41, 5.74) is 2.22. The van der Waals surface area contributed by atoms with Crippen molar-refractivity contribution in [2.45, 2.75) is 19.8 Å². The van der Waals surface area contributed by atoms with Gasteiger partial charge in [-0.2, -0.15) is 0 Å². The van der Waals surface area contributed by atoms with Crippen molar-refractivity contribution in [3.63, 3.8) is 0 Å². The van der Waals surface area contributed by atoms with E-state index < -0.39 is 10.0 Å². The van der Waals surface area contributed by atoms with Gasteiger partial charge in [0.15, 0.2) is 6.61 Å². The number of amides is 1. The van der Waals surface area contributed by atoms with Crippen LogP contribution in [-0.2, 0) is 21.2 Å². The lowest BCUT2D eigenvalue weighted by molar-refractivity contribution is -0.118. The summed E-state index contributed by atoms with van der Waals surface area (Å²) in [6, 6.07) is 12.0. The predicted molar refractivity (Wildman–Crippen MR) is 107 cm³/mol. The Balaban J connectivity index is 1.66. The fourth-order valence-electron chi connectivity index (χ4n) is 2.96. The van der Waals surface area contributed by atoms with Gasteiger partial charge in [0.05, 0.1) is 11.4 Å². The highest BCUT2D eigenvalue weighted by Gasteiger charge is 2.26. The second kappa shape index (κ2) is 8.19. The average molecular weight is 409 g/mol. The second-order valence-corrected chi connectivity index (χ2v) is 8.83. The van der Waals surface area contributed by atoms with Crippen molar-refractivity contribution in [2.24, 2.45) is 0 Å². The fraction of sp³-hybridized carbons (Fsp3) is 0.316. The molecule has 0 saturated heterocycles. The van der Waals surface area contributed by atoms with Gasteiger partial charge in [-0.1, -0.05) is 11.6 Å². The van der Waals surface area contributed by atoms with Gasteiger partial charge in [-0.25, -0.2) is 8.42 Å². The van der Waals surface area contributed by atoms with E-state index in [1.165, 1.54) is 4.31 Å². The standard InChI is InChI=1S/C19H21ClN2O4S/c1-2-27(24,25)22-11-3-4-14-12-16(7-10-18(14)22)21-19(23)13-26-17-8-5-15(20)6-9-17/h5-10,12H,2-4,11,13H2,1H3,(H,21,23). The van der Waals surface area contributed by atoms with E-state index in [0.717, 1.165) is 18.4 Å². The normalized spacial score (nSPS) is 13.8. The molecule has 3 rings (SSSR count). The molecule has 0 fully saturated rings. The number of ether oxygens (including phenoxy) is 1. The van der Waals surface area contributed by atoms with Gasteiger partial charge in [-0.3, -0.25) is 9.10 Å². The predicted octanol–water partition coefficient (Wildman–Crippen LogP) is 3.46. The van der Waals surface area contributed by atoms with Crippen LogP contribution in [0.4, 0.5) is 11.4 Å². The van der Waals surface area contributed by atoms with Gasteiger partial charge in [0.1, 0.15) is 5.75 Å². The minimum atomic E-state index is -3.30. The van der Waals surface area contributed by atoms with Gasteiger partial charge < -0.3 is 10.1 Å². The highest BCUT2D eigenvalue weighted by atomic mass is 35.5. The number of carbonyl (C=O) groups excluding carboxylic acids is 1. The number of carbonyl (C=O) groups is 1. The van der Waals surface area contributed by atoms with Crippen LogP contribution in [0, 0.1) is 0 Å². The van der Waals surface area contributed by atoms with E-state index in [2.05, 4.69) is 5.32 Å². The van der Waals surface area contributed by atoms with Crippen LogP contribution < -0.4 is 14.4 Å². The van der Waals surface area contributed by atoms with Crippen LogP contribution in [0.2, 0.25) is 5.02 Å². The number of fused-ring (bicyclic) bond motifs is 1. The van der Waals surface area contributed by atoms with Gasteiger partial charge in [0.2, 0.25) is 10.0 Å². The molecule has 0 aliphatic carbocycles. The van der Waals surface area contributed by atoms with E-state index in [1.54, 1.807) is 43.3 Å². The summed E-state index contributed by atoms with van der Waals surface area (Å²) in [6.07, 6.45) is 1.53. The molecular weight excluding hydrogens is 388 g/mol. The van der Waals surface area contributed by atoms with Crippen molar-refractivity contribution in [3.8, 4) is 5.75 Å². The number of nitrogens with zero attached hydrogens (tertiary/aromatic N) is 1. The Labute approximate surface area is 164 Å². The van der Waals surface area contributed by atoms with Crippen LogP contribution in [0.3, 0.4) is 0 Å². The van der Waals surface area contributed by atoms with Crippen LogP contribution >= 0.6 is 11.6 Å². The van der Waals surface area contributed by atoms with Crippen molar-refractivity contribution < 1.29 is 17.9 Å². The van der Waals surface area contributed by atoms with Gasteiger partial charge >= 0.3 is 0 Å². The second-order valence-electron chi connectivity index (χ2n) is 6.21. The summed E-state index contributed by atoms with van der Waals surface area (Å²) in [6.45, 7) is 2.00. The van der Waals surface area contributed by atoms with Crippen LogP contribution in [-0.4, -0.2) is 33.2 Å². The van der Waals surface area contributed by atoms with E-state index in [4.69, 9.17) is 16.3 Å². The summed E-state index contributed by atoms with van der Waals surface area (Å²) in [5.74, 6) is 0.326. The summed E-state index contributed by atoms with van der Waals surface area (Å²) < 4.78 is 31.4. The third-order valence-electron chi connectivity index (χ3n) is 4.32. The molecule has 1 amide bonds. The number of halogens is 1. The van der Waals surface area contributed by atoms with Crippen LogP contribution in [0.5, 0.6) is 5.75 Å². The number of sulfonamides is 1. The number of aryl methyl sites for hydroxylation is 1. The molecule has 0 bridgehead atoms. The number of rotatable bonds is 6. The SMILES string of the molecule is CCS(=O)(=O)N1CCCc2cc(NC(=O)COc3ccc(Cl)cc3)ccc21. The molecule has 0 spiro atoms. The first-order chi connectivity index (χ1) is 12.9. The smallest absolute Gasteiger partial charge is 0.262 e. The first-order valence-electron chi connectivity index (χ1n) is 8.70. The Morgan fingerprint density at radius 1 is 1.22 bits per heavy atom. The van der Waals surface area contributed by atoms with Crippen LogP contribution in [0.25, 0.3) is 0 Å². The summed E-state index contributed by atoms with van der Waals surface area (Å²) in [7, 11) is -3.30. The molecule has 27 heavy (non-hydrogen) atoms. The summed E-state index contributed by atoms with van der Waals surface area (Å²) in [5, 5.41) is 3.38. The van der Waals surface area contributed by atoms with Crippen molar-refractivity contribution in [3.05, 3.63) is 53.1 Å². The van der Waals surface area contributed by atoms with Gasteiger partial charge in [0.25, 0.3) is 5.91 Å². The van der Waals surface area contributed by atoms with Crippen molar-refractivity contribution >= 4 is 38.9 Å². The average Bonchev–Trinajstić information content (AvgIpc) is 2.67. The largest absolute Gasteiger partial charge is 0.484 e. The lowest BCUT2D eigenvalue weighted by atomic mass is 10.0. The molecule has 144 valence electrons. The van der Waals surface area contributed by atoms with E-state index in [-0.39, 0.29) is 18.3 Å². The quantitative estimate of drug-likeness (QED) is 0.794.